The number of aryl methyl sites for hydroxylation is 1. The number of anilines is 1. The van der Waals surface area contributed by atoms with Crippen molar-refractivity contribution in [3.8, 4) is 0 Å². The quantitative estimate of drug-likeness (QED) is 0.710. The maximum Gasteiger partial charge on any atom is 0.168 e. The second kappa shape index (κ2) is 9.28. The summed E-state index contributed by atoms with van der Waals surface area (Å²) in [6.07, 6.45) is 2.18. The van der Waals surface area contributed by atoms with Gasteiger partial charge in [0.1, 0.15) is 0 Å². The monoisotopic (exact) mass is 372 g/mol. The molecule has 3 rings (SSSR count). The molecule has 0 radical (unpaired) electrons. The van der Waals surface area contributed by atoms with Crippen LogP contribution in [0.15, 0.2) is 18.2 Å². The zero-order valence-electron chi connectivity index (χ0n) is 17.1. The van der Waals surface area contributed by atoms with Crippen LogP contribution in [0.5, 0.6) is 0 Å². The van der Waals surface area contributed by atoms with E-state index in [0.29, 0.717) is 13.2 Å². The van der Waals surface area contributed by atoms with E-state index >= 15 is 0 Å². The Bertz CT molecular complexity index is 723. The summed E-state index contributed by atoms with van der Waals surface area (Å²) in [6, 6.07) is 6.86. The minimum Gasteiger partial charge on any atom is -0.383 e. The van der Waals surface area contributed by atoms with E-state index in [-0.39, 0.29) is 6.04 Å². The van der Waals surface area contributed by atoms with Crippen LogP contribution in [-0.4, -0.2) is 65.0 Å². The van der Waals surface area contributed by atoms with E-state index in [1.807, 2.05) is 4.68 Å². The predicted molar refractivity (Wildman–Crippen MR) is 107 cm³/mol. The smallest absolute Gasteiger partial charge is 0.168 e. The van der Waals surface area contributed by atoms with E-state index in [4.69, 9.17) is 4.74 Å². The number of aromatic nitrogens is 4. The summed E-state index contributed by atoms with van der Waals surface area (Å²) in [5, 5.41) is 12.5. The van der Waals surface area contributed by atoms with E-state index in [9.17, 15) is 0 Å². The number of ether oxygens (including phenoxy) is 1. The molecule has 2 heterocycles. The average molecular weight is 373 g/mol. The van der Waals surface area contributed by atoms with Crippen molar-refractivity contribution >= 4 is 5.69 Å². The van der Waals surface area contributed by atoms with E-state index in [1.165, 1.54) is 16.8 Å². The summed E-state index contributed by atoms with van der Waals surface area (Å²) in [5.74, 6) is 0.967. The Morgan fingerprint density at radius 1 is 1.15 bits per heavy atom. The highest BCUT2D eigenvalue weighted by Gasteiger charge is 2.29. The maximum atomic E-state index is 5.20. The fourth-order valence-electron chi connectivity index (χ4n) is 3.89. The van der Waals surface area contributed by atoms with Gasteiger partial charge in [0.15, 0.2) is 5.82 Å². The molecule has 2 aromatic rings. The van der Waals surface area contributed by atoms with Crippen molar-refractivity contribution in [2.75, 3.05) is 44.8 Å². The Morgan fingerprint density at radius 3 is 2.63 bits per heavy atom. The van der Waals surface area contributed by atoms with E-state index in [1.54, 1.807) is 7.11 Å². The number of benzene rings is 1. The molecule has 7 nitrogen and oxygen atoms in total. The molecule has 0 bridgehead atoms. The van der Waals surface area contributed by atoms with Crippen molar-refractivity contribution in [1.82, 2.24) is 25.1 Å². The van der Waals surface area contributed by atoms with Crippen molar-refractivity contribution in [3.05, 3.63) is 35.2 Å². The number of hydrogen-bond acceptors (Lipinski definition) is 6. The number of rotatable bonds is 8. The minimum absolute atomic E-state index is 0.266. The number of methoxy groups -OCH3 is 1. The van der Waals surface area contributed by atoms with Crippen LogP contribution in [-0.2, 0) is 11.3 Å². The molecule has 0 spiro atoms. The Kier molecular flexibility index (Phi) is 6.79. The third-order valence-corrected chi connectivity index (χ3v) is 5.60. The summed E-state index contributed by atoms with van der Waals surface area (Å²) in [7, 11) is 1.71. The van der Waals surface area contributed by atoms with Gasteiger partial charge in [-0.3, -0.25) is 4.90 Å². The molecular weight excluding hydrogens is 340 g/mol. The Balaban J connectivity index is 1.70. The van der Waals surface area contributed by atoms with Gasteiger partial charge < -0.3 is 9.64 Å². The van der Waals surface area contributed by atoms with Gasteiger partial charge in [-0.2, -0.15) is 0 Å². The Labute approximate surface area is 162 Å². The second-order valence-electron chi connectivity index (χ2n) is 7.30. The first kappa shape index (κ1) is 19.8. The number of tetrazole rings is 1. The number of piperazine rings is 1. The van der Waals surface area contributed by atoms with Gasteiger partial charge in [0.05, 0.1) is 19.2 Å². The molecule has 1 atom stereocenters. The van der Waals surface area contributed by atoms with Crippen molar-refractivity contribution in [3.63, 3.8) is 0 Å². The van der Waals surface area contributed by atoms with Crippen LogP contribution in [0.3, 0.4) is 0 Å². The van der Waals surface area contributed by atoms with Gasteiger partial charge >= 0.3 is 0 Å². The lowest BCUT2D eigenvalue weighted by atomic mass is 10.1. The van der Waals surface area contributed by atoms with Crippen LogP contribution in [0, 0.1) is 13.8 Å². The van der Waals surface area contributed by atoms with Crippen LogP contribution in [0.4, 0.5) is 5.69 Å². The van der Waals surface area contributed by atoms with E-state index in [2.05, 4.69) is 64.3 Å². The first-order valence-corrected chi connectivity index (χ1v) is 9.96. The lowest BCUT2D eigenvalue weighted by Gasteiger charge is -2.40. The fourth-order valence-corrected chi connectivity index (χ4v) is 3.89. The van der Waals surface area contributed by atoms with Crippen molar-refractivity contribution in [2.24, 2.45) is 0 Å². The molecular formula is C20H32N6O. The molecule has 1 fully saturated rings. The summed E-state index contributed by atoms with van der Waals surface area (Å²) in [6.45, 7) is 12.1. The van der Waals surface area contributed by atoms with Gasteiger partial charge in [0.2, 0.25) is 0 Å². The van der Waals surface area contributed by atoms with Gasteiger partial charge in [-0.05, 0) is 47.9 Å². The molecule has 1 aliphatic rings. The zero-order chi connectivity index (χ0) is 19.2. The first-order chi connectivity index (χ1) is 13.2. The topological polar surface area (TPSA) is 59.3 Å². The van der Waals surface area contributed by atoms with Crippen molar-refractivity contribution in [1.29, 1.82) is 0 Å². The first-order valence-electron chi connectivity index (χ1n) is 9.96. The van der Waals surface area contributed by atoms with Gasteiger partial charge in [0, 0.05) is 39.0 Å². The zero-order valence-corrected chi connectivity index (χ0v) is 17.1. The molecule has 0 N–H and O–H groups in total. The summed E-state index contributed by atoms with van der Waals surface area (Å²) < 4.78 is 7.11. The van der Waals surface area contributed by atoms with E-state index in [0.717, 1.165) is 44.8 Å². The standard InChI is InChI=1S/C20H32N6O/c1-5-7-19(20-21-22-23-26(20)14-15-27-4)25-12-10-24(11-13-25)18-9-6-8-16(2)17(18)3/h6,8-9,19H,5,7,10-15H2,1-4H3. The fraction of sp³-hybridized carbons (Fsp3) is 0.650. The second-order valence-corrected chi connectivity index (χ2v) is 7.30. The third-order valence-electron chi connectivity index (χ3n) is 5.60. The molecule has 1 unspecified atom stereocenters. The number of nitrogens with zero attached hydrogens (tertiary/aromatic N) is 6. The summed E-state index contributed by atoms with van der Waals surface area (Å²) >= 11 is 0. The van der Waals surface area contributed by atoms with Crippen molar-refractivity contribution in [2.45, 2.75) is 46.2 Å². The SMILES string of the molecule is CCCC(c1nnnn1CCOC)N1CCN(c2cccc(C)c2C)CC1. The minimum atomic E-state index is 0.266. The molecule has 148 valence electrons. The lowest BCUT2D eigenvalue weighted by Crippen LogP contribution is -2.48. The van der Waals surface area contributed by atoms with Gasteiger partial charge in [-0.1, -0.05) is 25.5 Å². The summed E-state index contributed by atoms with van der Waals surface area (Å²) in [4.78, 5) is 5.05. The van der Waals surface area contributed by atoms with Gasteiger partial charge in [-0.25, -0.2) is 4.68 Å². The Morgan fingerprint density at radius 2 is 1.93 bits per heavy atom. The number of hydrogen-bond donors (Lipinski definition) is 0. The van der Waals surface area contributed by atoms with Crippen LogP contribution < -0.4 is 4.90 Å². The predicted octanol–water partition coefficient (Wildman–Crippen LogP) is 2.60. The molecule has 7 heteroatoms. The van der Waals surface area contributed by atoms with Crippen LogP contribution in [0.25, 0.3) is 0 Å². The van der Waals surface area contributed by atoms with Gasteiger partial charge in [-0.15, -0.1) is 5.10 Å². The van der Waals surface area contributed by atoms with Crippen LogP contribution >= 0.6 is 0 Å². The molecule has 27 heavy (non-hydrogen) atoms. The molecule has 0 saturated carbocycles. The molecule has 1 aromatic heterocycles. The highest BCUT2D eigenvalue weighted by Crippen LogP contribution is 2.28. The van der Waals surface area contributed by atoms with Crippen LogP contribution in [0.2, 0.25) is 0 Å². The lowest BCUT2D eigenvalue weighted by molar-refractivity contribution is 0.153. The Hall–Kier alpha value is -1.99. The van der Waals surface area contributed by atoms with Crippen LogP contribution in [0.1, 0.15) is 42.8 Å². The molecule has 1 aliphatic heterocycles. The van der Waals surface area contributed by atoms with Gasteiger partial charge in [0.25, 0.3) is 0 Å². The molecule has 1 aromatic carbocycles. The average Bonchev–Trinajstić information content (AvgIpc) is 3.15. The molecule has 1 saturated heterocycles. The largest absolute Gasteiger partial charge is 0.383 e. The maximum absolute atomic E-state index is 5.20. The molecule has 0 aliphatic carbocycles. The molecule has 0 amide bonds. The van der Waals surface area contributed by atoms with E-state index < -0.39 is 0 Å². The summed E-state index contributed by atoms with van der Waals surface area (Å²) in [5.41, 5.74) is 4.11. The third kappa shape index (κ3) is 4.47. The normalized spacial score (nSPS) is 16.7. The highest BCUT2D eigenvalue weighted by molar-refractivity contribution is 5.56. The van der Waals surface area contributed by atoms with Crippen molar-refractivity contribution < 1.29 is 4.74 Å². The highest BCUT2D eigenvalue weighted by atomic mass is 16.5.